The second-order valence-corrected chi connectivity index (χ2v) is 9.52. The van der Waals surface area contributed by atoms with Crippen LogP contribution in [0.5, 0.6) is 0 Å². The van der Waals surface area contributed by atoms with Gasteiger partial charge in [-0.15, -0.1) is 11.8 Å². The lowest BCUT2D eigenvalue weighted by Crippen LogP contribution is -2.50. The van der Waals surface area contributed by atoms with Crippen LogP contribution in [-0.2, 0) is 11.0 Å². The number of nitrogens with zero attached hydrogens (tertiary/aromatic N) is 2. The van der Waals surface area contributed by atoms with Crippen LogP contribution in [0.3, 0.4) is 0 Å². The molecule has 1 amide bonds. The minimum Gasteiger partial charge on any atom is -0.382 e. The number of hydrogen-bond acceptors (Lipinski definition) is 5. The average Bonchev–Trinajstić information content (AvgIpc) is 3.04. The summed E-state index contributed by atoms with van der Waals surface area (Å²) in [5.41, 5.74) is 4.37. The number of fused-ring (bicyclic) bond motifs is 1. The van der Waals surface area contributed by atoms with Crippen LogP contribution >= 0.6 is 11.8 Å². The van der Waals surface area contributed by atoms with Crippen LogP contribution < -0.4 is 11.1 Å². The molecular weight excluding hydrogens is 501 g/mol. The molecule has 0 aliphatic carbocycles. The standard InChI is InChI=1S/C24H24F5N5OS/c1-2-19(35)33-5-7-34(8-6-33)23(31)16-10-17(24(27,28)29)20(15-4-3-13(25)9-18(15)26)22-21(16)32-11-14(30)12-36-22/h2-4,9-10,14,31-32H,1,5-8,11-12,30H2. The maximum absolute atomic E-state index is 14.8. The molecular formula is C24H24F5N5OS. The maximum Gasteiger partial charge on any atom is 0.417 e. The second kappa shape index (κ2) is 10.1. The molecule has 2 heterocycles. The third-order valence-corrected chi connectivity index (χ3v) is 7.40. The Morgan fingerprint density at radius 3 is 2.44 bits per heavy atom. The molecule has 2 aliphatic heterocycles. The summed E-state index contributed by atoms with van der Waals surface area (Å²) in [6.07, 6.45) is -3.70. The number of nitrogens with two attached hydrogens (primary N) is 1. The molecule has 2 aromatic carbocycles. The molecule has 6 nitrogen and oxygen atoms in total. The van der Waals surface area contributed by atoms with Crippen LogP contribution in [0.15, 0.2) is 41.8 Å². The first-order valence-corrected chi connectivity index (χ1v) is 12.1. The third-order valence-electron chi connectivity index (χ3n) is 6.11. The van der Waals surface area contributed by atoms with E-state index >= 15 is 0 Å². The van der Waals surface area contributed by atoms with E-state index in [1.165, 1.54) is 6.08 Å². The Balaban J connectivity index is 1.86. The van der Waals surface area contributed by atoms with E-state index in [0.717, 1.165) is 30.0 Å². The number of nitrogens with one attached hydrogen (secondary N) is 2. The highest BCUT2D eigenvalue weighted by atomic mass is 32.2. The molecule has 1 atom stereocenters. The van der Waals surface area contributed by atoms with Crippen molar-refractivity contribution in [1.82, 2.24) is 9.80 Å². The largest absolute Gasteiger partial charge is 0.417 e. The van der Waals surface area contributed by atoms with Gasteiger partial charge in [0.05, 0.1) is 11.3 Å². The Hall–Kier alpha value is -3.12. The first-order chi connectivity index (χ1) is 17.0. The molecule has 0 spiro atoms. The Kier molecular flexibility index (Phi) is 7.28. The van der Waals surface area contributed by atoms with Crippen LogP contribution in [0.25, 0.3) is 11.1 Å². The Bertz CT molecular complexity index is 1210. The third kappa shape index (κ3) is 5.05. The molecule has 4 N–H and O–H groups in total. The summed E-state index contributed by atoms with van der Waals surface area (Å²) >= 11 is 1.04. The van der Waals surface area contributed by atoms with Gasteiger partial charge in [-0.05, 0) is 24.3 Å². The predicted octanol–water partition coefficient (Wildman–Crippen LogP) is 4.15. The predicted molar refractivity (Wildman–Crippen MR) is 129 cm³/mol. The summed E-state index contributed by atoms with van der Waals surface area (Å²) in [5, 5.41) is 11.8. The summed E-state index contributed by atoms with van der Waals surface area (Å²) < 4.78 is 71.5. The van der Waals surface area contributed by atoms with Crippen molar-refractivity contribution in [3.05, 3.63) is 59.7 Å². The summed E-state index contributed by atoms with van der Waals surface area (Å²) in [6.45, 7) is 4.75. The number of alkyl halides is 3. The first-order valence-electron chi connectivity index (χ1n) is 11.1. The summed E-state index contributed by atoms with van der Waals surface area (Å²) in [6, 6.07) is 2.87. The minimum absolute atomic E-state index is 0.00584. The van der Waals surface area contributed by atoms with Gasteiger partial charge in [-0.2, -0.15) is 13.2 Å². The fourth-order valence-electron chi connectivity index (χ4n) is 4.28. The van der Waals surface area contributed by atoms with Crippen LogP contribution in [-0.4, -0.2) is 66.1 Å². The van der Waals surface area contributed by atoms with Gasteiger partial charge in [-0.3, -0.25) is 10.2 Å². The zero-order valence-corrected chi connectivity index (χ0v) is 19.9. The quantitative estimate of drug-likeness (QED) is 0.243. The van der Waals surface area contributed by atoms with E-state index in [4.69, 9.17) is 11.1 Å². The SMILES string of the molecule is C=CC(=O)N1CCN(C(=N)c2cc(C(F)(F)F)c(-c3ccc(F)cc3F)c3c2NCC(N)CS3)CC1. The molecule has 0 bridgehead atoms. The van der Waals surface area contributed by atoms with Gasteiger partial charge in [-0.1, -0.05) is 6.58 Å². The van der Waals surface area contributed by atoms with E-state index in [1.807, 2.05) is 0 Å². The highest BCUT2D eigenvalue weighted by Gasteiger charge is 2.39. The number of amidine groups is 1. The smallest absolute Gasteiger partial charge is 0.382 e. The first kappa shape index (κ1) is 26.0. The van der Waals surface area contributed by atoms with Gasteiger partial charge in [0.15, 0.2) is 0 Å². The van der Waals surface area contributed by atoms with E-state index in [2.05, 4.69) is 11.9 Å². The second-order valence-electron chi connectivity index (χ2n) is 8.49. The van der Waals surface area contributed by atoms with Crippen molar-refractivity contribution in [3.8, 4) is 11.1 Å². The zero-order chi connectivity index (χ0) is 26.2. The Labute approximate surface area is 208 Å². The number of carbonyl (C=O) groups excluding carboxylic acids is 1. The van der Waals surface area contributed by atoms with Crippen molar-refractivity contribution >= 4 is 29.2 Å². The van der Waals surface area contributed by atoms with Crippen LogP contribution in [0, 0.1) is 17.0 Å². The number of hydrogen-bond donors (Lipinski definition) is 3. The number of carbonyl (C=O) groups is 1. The molecule has 12 heteroatoms. The highest BCUT2D eigenvalue weighted by Crippen LogP contribution is 2.49. The van der Waals surface area contributed by atoms with Crippen molar-refractivity contribution in [1.29, 1.82) is 5.41 Å². The molecule has 2 aromatic rings. The molecule has 1 saturated heterocycles. The lowest BCUT2D eigenvalue weighted by molar-refractivity contribution is -0.137. The minimum atomic E-state index is -4.88. The Morgan fingerprint density at radius 2 is 1.83 bits per heavy atom. The molecule has 192 valence electrons. The van der Waals surface area contributed by atoms with Gasteiger partial charge < -0.3 is 20.9 Å². The van der Waals surface area contributed by atoms with E-state index in [-0.39, 0.29) is 71.9 Å². The average molecular weight is 526 g/mol. The number of rotatable bonds is 3. The number of benzene rings is 2. The van der Waals surface area contributed by atoms with Gasteiger partial charge in [0, 0.05) is 72.2 Å². The number of thioether (sulfide) groups is 1. The van der Waals surface area contributed by atoms with E-state index in [0.29, 0.717) is 6.07 Å². The monoisotopic (exact) mass is 525 g/mol. The molecule has 0 radical (unpaired) electrons. The van der Waals surface area contributed by atoms with Gasteiger partial charge in [0.1, 0.15) is 17.5 Å². The molecule has 0 saturated carbocycles. The zero-order valence-electron chi connectivity index (χ0n) is 19.1. The molecule has 0 aromatic heterocycles. The highest BCUT2D eigenvalue weighted by molar-refractivity contribution is 7.99. The van der Waals surface area contributed by atoms with Crippen LogP contribution in [0.4, 0.5) is 27.6 Å². The van der Waals surface area contributed by atoms with E-state index in [9.17, 15) is 26.7 Å². The molecule has 4 rings (SSSR count). The van der Waals surface area contributed by atoms with E-state index < -0.39 is 35.0 Å². The van der Waals surface area contributed by atoms with Crippen molar-refractivity contribution < 1.29 is 26.7 Å². The fourth-order valence-corrected chi connectivity index (χ4v) is 5.47. The van der Waals surface area contributed by atoms with Crippen molar-refractivity contribution in [3.63, 3.8) is 0 Å². The Morgan fingerprint density at radius 1 is 1.17 bits per heavy atom. The van der Waals surface area contributed by atoms with Crippen molar-refractivity contribution in [2.24, 2.45) is 5.73 Å². The molecule has 2 aliphatic rings. The van der Waals surface area contributed by atoms with Gasteiger partial charge in [0.2, 0.25) is 5.91 Å². The van der Waals surface area contributed by atoms with Crippen LogP contribution in [0.2, 0.25) is 0 Å². The summed E-state index contributed by atoms with van der Waals surface area (Å²) in [5.74, 6) is -2.19. The van der Waals surface area contributed by atoms with Gasteiger partial charge >= 0.3 is 6.18 Å². The van der Waals surface area contributed by atoms with Crippen molar-refractivity contribution in [2.45, 2.75) is 17.1 Å². The lowest BCUT2D eigenvalue weighted by Gasteiger charge is -2.36. The lowest BCUT2D eigenvalue weighted by atomic mass is 9.94. The number of piperazine rings is 1. The fraction of sp³-hybridized carbons (Fsp3) is 0.333. The van der Waals surface area contributed by atoms with Gasteiger partial charge in [-0.25, -0.2) is 8.78 Å². The topological polar surface area (TPSA) is 85.5 Å². The van der Waals surface area contributed by atoms with Gasteiger partial charge in [0.25, 0.3) is 0 Å². The number of anilines is 1. The van der Waals surface area contributed by atoms with Crippen molar-refractivity contribution in [2.75, 3.05) is 43.8 Å². The number of amides is 1. The van der Waals surface area contributed by atoms with E-state index in [1.54, 1.807) is 9.80 Å². The number of halogens is 5. The van der Waals surface area contributed by atoms with Crippen LogP contribution in [0.1, 0.15) is 11.1 Å². The summed E-state index contributed by atoms with van der Waals surface area (Å²) in [7, 11) is 0. The molecule has 1 fully saturated rings. The maximum atomic E-state index is 14.8. The molecule has 1 unspecified atom stereocenters. The normalized spacial score (nSPS) is 18.2. The summed E-state index contributed by atoms with van der Waals surface area (Å²) in [4.78, 5) is 15.1. The molecule has 36 heavy (non-hydrogen) atoms.